The second-order valence-electron chi connectivity index (χ2n) is 3.34. The van der Waals surface area contributed by atoms with Gasteiger partial charge in [0.25, 0.3) is 5.69 Å². The van der Waals surface area contributed by atoms with Crippen molar-refractivity contribution in [3.63, 3.8) is 0 Å². The number of imidazole rings is 1. The van der Waals surface area contributed by atoms with Crippen molar-refractivity contribution in [1.29, 1.82) is 0 Å². The van der Waals surface area contributed by atoms with E-state index in [1.807, 2.05) is 0 Å². The summed E-state index contributed by atoms with van der Waals surface area (Å²) in [5.41, 5.74) is 1.10. The van der Waals surface area contributed by atoms with Crippen LogP contribution in [0.4, 0.5) is 5.69 Å². The lowest BCUT2D eigenvalue weighted by molar-refractivity contribution is -0.384. The third-order valence-electron chi connectivity index (χ3n) is 2.28. The molecule has 0 saturated heterocycles. The van der Waals surface area contributed by atoms with Crippen molar-refractivity contribution in [2.45, 2.75) is 6.92 Å². The fourth-order valence-corrected chi connectivity index (χ4v) is 1.50. The Kier molecular flexibility index (Phi) is 2.32. The summed E-state index contributed by atoms with van der Waals surface area (Å²) >= 11 is 0. The van der Waals surface area contributed by atoms with Gasteiger partial charge in [-0.2, -0.15) is 0 Å². The summed E-state index contributed by atoms with van der Waals surface area (Å²) in [5.74, 6) is 0. The summed E-state index contributed by atoms with van der Waals surface area (Å²) in [4.78, 5) is 24.0. The van der Waals surface area contributed by atoms with E-state index in [2.05, 4.69) is 4.98 Å². The van der Waals surface area contributed by atoms with Gasteiger partial charge in [-0.25, -0.2) is 4.79 Å². The lowest BCUT2D eigenvalue weighted by atomic mass is 10.3. The molecular formula is C10H9N3O3. The molecule has 6 nitrogen and oxygen atoms in total. The van der Waals surface area contributed by atoms with Crippen molar-refractivity contribution in [2.24, 2.45) is 0 Å². The molecule has 0 saturated carbocycles. The number of nitrogens with zero attached hydrogens (tertiary/aromatic N) is 2. The lowest BCUT2D eigenvalue weighted by Gasteiger charge is -2.02. The number of aromatic amines is 1. The molecule has 0 atom stereocenters. The van der Waals surface area contributed by atoms with Gasteiger partial charge in [-0.05, 0) is 19.1 Å². The molecule has 1 aromatic carbocycles. The predicted molar refractivity (Wildman–Crippen MR) is 57.8 cm³/mol. The summed E-state index contributed by atoms with van der Waals surface area (Å²) in [5, 5.41) is 10.5. The molecule has 2 aromatic rings. The van der Waals surface area contributed by atoms with Crippen LogP contribution in [0.1, 0.15) is 5.69 Å². The van der Waals surface area contributed by atoms with Gasteiger partial charge in [0.05, 0.1) is 10.6 Å². The minimum absolute atomic E-state index is 0.00462. The number of aryl methyl sites for hydroxylation is 1. The van der Waals surface area contributed by atoms with Gasteiger partial charge in [-0.3, -0.25) is 14.7 Å². The normalized spacial score (nSPS) is 10.3. The van der Waals surface area contributed by atoms with Crippen LogP contribution in [-0.4, -0.2) is 14.5 Å². The van der Waals surface area contributed by atoms with Crippen molar-refractivity contribution in [1.82, 2.24) is 9.55 Å². The number of H-pyrrole nitrogens is 1. The highest BCUT2D eigenvalue weighted by Gasteiger charge is 2.07. The van der Waals surface area contributed by atoms with E-state index >= 15 is 0 Å². The minimum Gasteiger partial charge on any atom is -0.312 e. The van der Waals surface area contributed by atoms with Crippen LogP contribution in [0.15, 0.2) is 35.3 Å². The van der Waals surface area contributed by atoms with Crippen LogP contribution < -0.4 is 5.69 Å². The third kappa shape index (κ3) is 1.60. The van der Waals surface area contributed by atoms with Gasteiger partial charge < -0.3 is 4.98 Å². The number of benzene rings is 1. The molecule has 82 valence electrons. The molecule has 0 unspecified atom stereocenters. The minimum atomic E-state index is -0.476. The summed E-state index contributed by atoms with van der Waals surface area (Å²) in [6.45, 7) is 1.78. The first kappa shape index (κ1) is 10.2. The molecule has 1 aromatic heterocycles. The Morgan fingerprint density at radius 2 is 1.94 bits per heavy atom. The van der Waals surface area contributed by atoms with Gasteiger partial charge in [-0.15, -0.1) is 0 Å². The first-order chi connectivity index (χ1) is 7.59. The highest BCUT2D eigenvalue weighted by molar-refractivity contribution is 5.41. The van der Waals surface area contributed by atoms with Gasteiger partial charge >= 0.3 is 5.69 Å². The van der Waals surface area contributed by atoms with E-state index < -0.39 is 4.92 Å². The summed E-state index contributed by atoms with van der Waals surface area (Å²) in [6, 6.07) is 5.82. The van der Waals surface area contributed by atoms with E-state index in [9.17, 15) is 14.9 Å². The van der Waals surface area contributed by atoms with Crippen LogP contribution in [-0.2, 0) is 0 Å². The fourth-order valence-electron chi connectivity index (χ4n) is 1.50. The Morgan fingerprint density at radius 1 is 1.31 bits per heavy atom. The highest BCUT2D eigenvalue weighted by Crippen LogP contribution is 2.14. The van der Waals surface area contributed by atoms with E-state index in [4.69, 9.17) is 0 Å². The molecule has 1 N–H and O–H groups in total. The van der Waals surface area contributed by atoms with Crippen molar-refractivity contribution in [2.75, 3.05) is 0 Å². The molecule has 16 heavy (non-hydrogen) atoms. The molecular weight excluding hydrogens is 210 g/mol. The summed E-state index contributed by atoms with van der Waals surface area (Å²) < 4.78 is 1.45. The van der Waals surface area contributed by atoms with Crippen molar-refractivity contribution in [3.05, 3.63) is 56.8 Å². The molecule has 1 heterocycles. The quantitative estimate of drug-likeness (QED) is 0.612. The Labute approximate surface area is 90.3 Å². The summed E-state index contributed by atoms with van der Waals surface area (Å²) in [6.07, 6.45) is 1.59. The zero-order valence-corrected chi connectivity index (χ0v) is 8.51. The maximum absolute atomic E-state index is 11.4. The number of nitrogens with one attached hydrogen (secondary N) is 1. The molecule has 0 fully saturated rings. The number of nitro benzene ring substituents is 1. The molecule has 0 aliphatic rings. The van der Waals surface area contributed by atoms with E-state index in [0.29, 0.717) is 5.69 Å². The smallest absolute Gasteiger partial charge is 0.312 e. The molecule has 0 aliphatic carbocycles. The average molecular weight is 219 g/mol. The van der Waals surface area contributed by atoms with Crippen LogP contribution in [0.5, 0.6) is 0 Å². The number of hydrogen-bond donors (Lipinski definition) is 1. The molecule has 6 heteroatoms. The van der Waals surface area contributed by atoms with Crippen LogP contribution in [0.25, 0.3) is 5.69 Å². The molecule has 0 radical (unpaired) electrons. The fraction of sp³-hybridized carbons (Fsp3) is 0.100. The van der Waals surface area contributed by atoms with Gasteiger partial charge in [-0.1, -0.05) is 0 Å². The maximum atomic E-state index is 11.4. The second kappa shape index (κ2) is 3.65. The molecule has 0 amide bonds. The SMILES string of the molecule is Cc1c[nH]c(=O)n1-c1ccc([N+](=O)[O-])cc1. The molecule has 0 bridgehead atoms. The Hall–Kier alpha value is -2.37. The van der Waals surface area contributed by atoms with Crippen LogP contribution >= 0.6 is 0 Å². The number of hydrogen-bond acceptors (Lipinski definition) is 3. The van der Waals surface area contributed by atoms with Crippen LogP contribution in [0.2, 0.25) is 0 Å². The second-order valence-corrected chi connectivity index (χ2v) is 3.34. The Balaban J connectivity index is 2.50. The van der Waals surface area contributed by atoms with Crippen LogP contribution in [0, 0.1) is 17.0 Å². The maximum Gasteiger partial charge on any atom is 0.330 e. The topological polar surface area (TPSA) is 80.9 Å². The monoisotopic (exact) mass is 219 g/mol. The largest absolute Gasteiger partial charge is 0.330 e. The predicted octanol–water partition coefficient (Wildman–Crippen LogP) is 1.38. The van der Waals surface area contributed by atoms with Gasteiger partial charge in [0, 0.05) is 24.0 Å². The molecule has 2 rings (SSSR count). The number of nitro groups is 1. The van der Waals surface area contributed by atoms with Crippen LogP contribution in [0.3, 0.4) is 0 Å². The van der Waals surface area contributed by atoms with E-state index in [1.54, 1.807) is 25.3 Å². The Bertz CT molecular complexity index is 580. The van der Waals surface area contributed by atoms with Gasteiger partial charge in [0.1, 0.15) is 0 Å². The van der Waals surface area contributed by atoms with E-state index in [1.165, 1.54) is 16.7 Å². The van der Waals surface area contributed by atoms with Gasteiger partial charge in [0.15, 0.2) is 0 Å². The zero-order valence-electron chi connectivity index (χ0n) is 8.51. The standard InChI is InChI=1S/C10H9N3O3/c1-7-6-11-10(14)12(7)8-2-4-9(5-3-8)13(15)16/h2-6H,1H3,(H,11,14). The zero-order chi connectivity index (χ0) is 11.7. The first-order valence-electron chi connectivity index (χ1n) is 4.61. The molecule has 0 spiro atoms. The van der Waals surface area contributed by atoms with E-state index in [-0.39, 0.29) is 11.4 Å². The van der Waals surface area contributed by atoms with E-state index in [0.717, 1.165) is 5.69 Å². The van der Waals surface area contributed by atoms with Crippen molar-refractivity contribution in [3.8, 4) is 5.69 Å². The Morgan fingerprint density at radius 3 is 2.38 bits per heavy atom. The third-order valence-corrected chi connectivity index (χ3v) is 2.28. The molecule has 0 aliphatic heterocycles. The number of non-ortho nitro benzene ring substituents is 1. The van der Waals surface area contributed by atoms with Crippen molar-refractivity contribution < 1.29 is 4.92 Å². The first-order valence-corrected chi connectivity index (χ1v) is 4.61. The highest BCUT2D eigenvalue weighted by atomic mass is 16.6. The van der Waals surface area contributed by atoms with Crippen molar-refractivity contribution >= 4 is 5.69 Å². The van der Waals surface area contributed by atoms with Gasteiger partial charge in [0.2, 0.25) is 0 Å². The number of rotatable bonds is 2. The summed E-state index contributed by atoms with van der Waals surface area (Å²) in [7, 11) is 0. The average Bonchev–Trinajstić information content (AvgIpc) is 2.59. The number of aromatic nitrogens is 2. The lowest BCUT2D eigenvalue weighted by Crippen LogP contribution is -2.15.